The number of aliphatic hydroxyl groups excluding tert-OH is 1. The molecule has 0 unspecified atom stereocenters. The van der Waals surface area contributed by atoms with Crippen LogP contribution in [0.25, 0.3) is 0 Å². The summed E-state index contributed by atoms with van der Waals surface area (Å²) in [6.07, 6.45) is 1.74. The first-order valence-electron chi connectivity index (χ1n) is 5.11. The number of benzene rings is 1. The van der Waals surface area contributed by atoms with E-state index in [9.17, 15) is 0 Å². The van der Waals surface area contributed by atoms with Gasteiger partial charge < -0.3 is 9.84 Å². The van der Waals surface area contributed by atoms with Gasteiger partial charge in [0, 0.05) is 6.61 Å². The van der Waals surface area contributed by atoms with Crippen LogP contribution < -0.4 is 4.74 Å². The van der Waals surface area contributed by atoms with E-state index in [2.05, 4.69) is 13.0 Å². The Morgan fingerprint density at radius 1 is 1.36 bits per heavy atom. The fourth-order valence-corrected chi connectivity index (χ4v) is 1.37. The van der Waals surface area contributed by atoms with Crippen molar-refractivity contribution in [2.45, 2.75) is 26.7 Å². The number of aryl methyl sites for hydroxylation is 1. The molecule has 0 spiro atoms. The van der Waals surface area contributed by atoms with Crippen LogP contribution in [0.5, 0.6) is 5.75 Å². The molecule has 0 saturated heterocycles. The highest BCUT2D eigenvalue weighted by Gasteiger charge is 2.00. The third-order valence-electron chi connectivity index (χ3n) is 2.10. The van der Waals surface area contributed by atoms with Crippen LogP contribution >= 0.6 is 0 Å². The van der Waals surface area contributed by atoms with E-state index in [-0.39, 0.29) is 6.61 Å². The third-order valence-corrected chi connectivity index (χ3v) is 2.10. The van der Waals surface area contributed by atoms with Gasteiger partial charge in [0.25, 0.3) is 0 Å². The van der Waals surface area contributed by atoms with Crippen molar-refractivity contribution in [2.24, 2.45) is 0 Å². The fourth-order valence-electron chi connectivity index (χ4n) is 1.37. The van der Waals surface area contributed by atoms with Gasteiger partial charge >= 0.3 is 0 Å². The maximum atomic E-state index is 8.79. The molecule has 0 radical (unpaired) electrons. The number of hydrogen-bond donors (Lipinski definition) is 1. The van der Waals surface area contributed by atoms with Gasteiger partial charge in [-0.05, 0) is 37.0 Å². The van der Waals surface area contributed by atoms with Crippen molar-refractivity contribution < 1.29 is 9.84 Å². The molecule has 0 heterocycles. The Labute approximate surface area is 85.5 Å². The summed E-state index contributed by atoms with van der Waals surface area (Å²) in [6.45, 7) is 5.09. The van der Waals surface area contributed by atoms with Crippen LogP contribution in [0.3, 0.4) is 0 Å². The minimum absolute atomic E-state index is 0.203. The predicted molar refractivity (Wildman–Crippen MR) is 57.8 cm³/mol. The third kappa shape index (κ3) is 3.04. The Morgan fingerprint density at radius 2 is 2.14 bits per heavy atom. The molecular formula is C12H18O2. The Balaban J connectivity index is 2.68. The van der Waals surface area contributed by atoms with E-state index in [1.54, 1.807) is 0 Å². The molecule has 0 atom stereocenters. The lowest BCUT2D eigenvalue weighted by molar-refractivity contribution is 0.299. The summed E-state index contributed by atoms with van der Waals surface area (Å²) in [5.41, 5.74) is 2.30. The fraction of sp³-hybridized carbons (Fsp3) is 0.500. The molecule has 14 heavy (non-hydrogen) atoms. The molecule has 0 saturated carbocycles. The summed E-state index contributed by atoms with van der Waals surface area (Å²) in [4.78, 5) is 0. The number of ether oxygens (including phenoxy) is 1. The molecular weight excluding hydrogens is 176 g/mol. The van der Waals surface area contributed by atoms with Gasteiger partial charge in [-0.25, -0.2) is 0 Å². The number of rotatable bonds is 5. The SMILES string of the molecule is CCCOc1ccc(CCO)cc1C. The Bertz CT molecular complexity index is 282. The lowest BCUT2D eigenvalue weighted by Gasteiger charge is -2.09. The van der Waals surface area contributed by atoms with Crippen molar-refractivity contribution in [1.29, 1.82) is 0 Å². The Kier molecular flexibility index (Phi) is 4.47. The van der Waals surface area contributed by atoms with Crippen LogP contribution in [-0.4, -0.2) is 18.3 Å². The highest BCUT2D eigenvalue weighted by Crippen LogP contribution is 2.19. The van der Waals surface area contributed by atoms with Crippen molar-refractivity contribution in [2.75, 3.05) is 13.2 Å². The Hall–Kier alpha value is -1.02. The maximum Gasteiger partial charge on any atom is 0.122 e. The molecule has 0 aliphatic rings. The average molecular weight is 194 g/mol. The van der Waals surface area contributed by atoms with E-state index in [1.165, 1.54) is 0 Å². The molecule has 1 aromatic rings. The van der Waals surface area contributed by atoms with Crippen LogP contribution in [-0.2, 0) is 6.42 Å². The molecule has 0 bridgehead atoms. The molecule has 1 rings (SSSR count). The molecule has 0 aliphatic carbocycles. The van der Waals surface area contributed by atoms with Crippen molar-refractivity contribution >= 4 is 0 Å². The normalized spacial score (nSPS) is 10.2. The van der Waals surface area contributed by atoms with E-state index in [4.69, 9.17) is 9.84 Å². The summed E-state index contributed by atoms with van der Waals surface area (Å²) in [5, 5.41) is 8.79. The van der Waals surface area contributed by atoms with Crippen LogP contribution in [0.4, 0.5) is 0 Å². The molecule has 0 aliphatic heterocycles. The lowest BCUT2D eigenvalue weighted by atomic mass is 10.1. The minimum Gasteiger partial charge on any atom is -0.493 e. The van der Waals surface area contributed by atoms with E-state index >= 15 is 0 Å². The van der Waals surface area contributed by atoms with Crippen molar-refractivity contribution in [3.8, 4) is 5.75 Å². The van der Waals surface area contributed by atoms with Gasteiger partial charge in [-0.2, -0.15) is 0 Å². The van der Waals surface area contributed by atoms with E-state index in [1.807, 2.05) is 19.1 Å². The van der Waals surface area contributed by atoms with Crippen molar-refractivity contribution in [3.63, 3.8) is 0 Å². The number of aliphatic hydroxyl groups is 1. The molecule has 1 aromatic carbocycles. The van der Waals surface area contributed by atoms with Crippen molar-refractivity contribution in [1.82, 2.24) is 0 Å². The zero-order valence-electron chi connectivity index (χ0n) is 8.92. The van der Waals surface area contributed by atoms with E-state index in [0.29, 0.717) is 0 Å². The summed E-state index contributed by atoms with van der Waals surface area (Å²) in [5.74, 6) is 0.952. The smallest absolute Gasteiger partial charge is 0.122 e. The second-order valence-electron chi connectivity index (χ2n) is 3.42. The summed E-state index contributed by atoms with van der Waals surface area (Å²) in [7, 11) is 0. The summed E-state index contributed by atoms with van der Waals surface area (Å²) < 4.78 is 5.56. The minimum atomic E-state index is 0.203. The first kappa shape index (κ1) is 11.1. The van der Waals surface area contributed by atoms with Gasteiger partial charge in [0.15, 0.2) is 0 Å². The maximum absolute atomic E-state index is 8.79. The van der Waals surface area contributed by atoms with Gasteiger partial charge in [-0.1, -0.05) is 19.1 Å². The van der Waals surface area contributed by atoms with Crippen molar-refractivity contribution in [3.05, 3.63) is 29.3 Å². The molecule has 0 aromatic heterocycles. The van der Waals surface area contributed by atoms with E-state index in [0.717, 1.165) is 36.3 Å². The average Bonchev–Trinajstić information content (AvgIpc) is 2.17. The molecule has 2 nitrogen and oxygen atoms in total. The van der Waals surface area contributed by atoms with E-state index < -0.39 is 0 Å². The largest absolute Gasteiger partial charge is 0.493 e. The highest BCUT2D eigenvalue weighted by molar-refractivity contribution is 5.36. The first-order valence-corrected chi connectivity index (χ1v) is 5.11. The molecule has 1 N–H and O–H groups in total. The molecule has 0 amide bonds. The zero-order chi connectivity index (χ0) is 10.4. The van der Waals surface area contributed by atoms with Crippen LogP contribution in [0.1, 0.15) is 24.5 Å². The van der Waals surface area contributed by atoms with Gasteiger partial charge in [0.1, 0.15) is 5.75 Å². The Morgan fingerprint density at radius 3 is 2.71 bits per heavy atom. The summed E-state index contributed by atoms with van der Waals surface area (Å²) >= 11 is 0. The van der Waals surface area contributed by atoms with Crippen LogP contribution in [0, 0.1) is 6.92 Å². The zero-order valence-corrected chi connectivity index (χ0v) is 8.92. The first-order chi connectivity index (χ1) is 6.77. The monoisotopic (exact) mass is 194 g/mol. The second kappa shape index (κ2) is 5.66. The van der Waals surface area contributed by atoms with Gasteiger partial charge in [-0.3, -0.25) is 0 Å². The van der Waals surface area contributed by atoms with Gasteiger partial charge in [0.05, 0.1) is 6.61 Å². The van der Waals surface area contributed by atoms with Crippen LogP contribution in [0.15, 0.2) is 18.2 Å². The van der Waals surface area contributed by atoms with Gasteiger partial charge in [-0.15, -0.1) is 0 Å². The quantitative estimate of drug-likeness (QED) is 0.779. The number of hydrogen-bond acceptors (Lipinski definition) is 2. The standard InChI is InChI=1S/C12H18O2/c1-3-8-14-12-5-4-11(6-7-13)9-10(12)2/h4-5,9,13H,3,6-8H2,1-2H3. The van der Waals surface area contributed by atoms with Gasteiger partial charge in [0.2, 0.25) is 0 Å². The second-order valence-corrected chi connectivity index (χ2v) is 3.42. The molecule has 78 valence electrons. The summed E-state index contributed by atoms with van der Waals surface area (Å²) in [6, 6.07) is 6.06. The van der Waals surface area contributed by atoms with Crippen LogP contribution in [0.2, 0.25) is 0 Å². The highest BCUT2D eigenvalue weighted by atomic mass is 16.5. The topological polar surface area (TPSA) is 29.5 Å². The molecule has 0 fully saturated rings. The lowest BCUT2D eigenvalue weighted by Crippen LogP contribution is -1.98. The predicted octanol–water partition coefficient (Wildman–Crippen LogP) is 2.32. The molecule has 2 heteroatoms.